The predicted molar refractivity (Wildman–Crippen MR) is 64.2 cm³/mol. The van der Waals surface area contributed by atoms with E-state index in [0.29, 0.717) is 0 Å². The smallest absolute Gasteiger partial charge is 0.0449 e. The molecule has 0 amide bonds. The van der Waals surface area contributed by atoms with Crippen molar-refractivity contribution in [3.05, 3.63) is 34.4 Å². The van der Waals surface area contributed by atoms with Crippen molar-refractivity contribution in [2.24, 2.45) is 0 Å². The first-order chi connectivity index (χ1) is 7.11. The number of rotatable bonds is 4. The topological polar surface area (TPSA) is 32.3 Å². The molecule has 15 heavy (non-hydrogen) atoms. The van der Waals surface area contributed by atoms with E-state index in [1.165, 1.54) is 22.3 Å². The van der Waals surface area contributed by atoms with Gasteiger partial charge in [0.25, 0.3) is 0 Å². The molecule has 0 spiro atoms. The largest absolute Gasteiger partial charge is 0.396 e. The van der Waals surface area contributed by atoms with E-state index in [0.717, 1.165) is 6.42 Å². The molecule has 0 radical (unpaired) electrons. The molecule has 2 nitrogen and oxygen atoms in total. The molecule has 0 saturated heterocycles. The average molecular weight is 207 g/mol. The van der Waals surface area contributed by atoms with E-state index >= 15 is 0 Å². The van der Waals surface area contributed by atoms with Gasteiger partial charge in [-0.05, 0) is 56.5 Å². The van der Waals surface area contributed by atoms with Crippen LogP contribution in [0.2, 0.25) is 0 Å². The van der Waals surface area contributed by atoms with Crippen molar-refractivity contribution in [2.45, 2.75) is 33.2 Å². The molecule has 0 fully saturated rings. The van der Waals surface area contributed by atoms with Crippen molar-refractivity contribution in [1.82, 2.24) is 5.32 Å². The second-order valence-electron chi connectivity index (χ2n) is 4.08. The maximum Gasteiger partial charge on any atom is 0.0449 e. The molecule has 1 aromatic rings. The zero-order chi connectivity index (χ0) is 11.4. The van der Waals surface area contributed by atoms with Crippen molar-refractivity contribution >= 4 is 0 Å². The van der Waals surface area contributed by atoms with Crippen molar-refractivity contribution < 1.29 is 5.11 Å². The first kappa shape index (κ1) is 12.2. The third-order valence-corrected chi connectivity index (χ3v) is 3.24. The maximum absolute atomic E-state index is 9.00. The summed E-state index contributed by atoms with van der Waals surface area (Å²) < 4.78 is 0. The molecule has 0 bridgehead atoms. The fraction of sp³-hybridized carbons (Fsp3) is 0.538. The van der Waals surface area contributed by atoms with Crippen LogP contribution in [-0.4, -0.2) is 18.8 Å². The van der Waals surface area contributed by atoms with Crippen LogP contribution in [0, 0.1) is 20.8 Å². The van der Waals surface area contributed by atoms with Gasteiger partial charge in [-0.3, -0.25) is 0 Å². The Morgan fingerprint density at radius 1 is 1.20 bits per heavy atom. The molecule has 0 aliphatic heterocycles. The Bertz CT molecular complexity index is 334. The van der Waals surface area contributed by atoms with Gasteiger partial charge in [-0.2, -0.15) is 0 Å². The van der Waals surface area contributed by atoms with Crippen molar-refractivity contribution in [2.75, 3.05) is 13.7 Å². The average Bonchev–Trinajstić information content (AvgIpc) is 2.24. The summed E-state index contributed by atoms with van der Waals surface area (Å²) in [5.41, 5.74) is 5.32. The summed E-state index contributed by atoms with van der Waals surface area (Å²) >= 11 is 0. The van der Waals surface area contributed by atoms with E-state index < -0.39 is 0 Å². The molecule has 0 aliphatic carbocycles. The molecule has 1 rings (SSSR count). The van der Waals surface area contributed by atoms with E-state index in [1.54, 1.807) is 0 Å². The number of aliphatic hydroxyl groups excluding tert-OH is 1. The van der Waals surface area contributed by atoms with Gasteiger partial charge in [0.1, 0.15) is 0 Å². The molecule has 0 saturated carbocycles. The lowest BCUT2D eigenvalue weighted by molar-refractivity contribution is 0.268. The van der Waals surface area contributed by atoms with E-state index in [4.69, 9.17) is 5.11 Å². The first-order valence-electron chi connectivity index (χ1n) is 5.46. The molecule has 0 aliphatic rings. The highest BCUT2D eigenvalue weighted by Crippen LogP contribution is 2.24. The Hall–Kier alpha value is -0.860. The number of benzene rings is 1. The van der Waals surface area contributed by atoms with Gasteiger partial charge in [-0.15, -0.1) is 0 Å². The second-order valence-corrected chi connectivity index (χ2v) is 4.08. The molecule has 1 aromatic carbocycles. The van der Waals surface area contributed by atoms with Gasteiger partial charge in [0.2, 0.25) is 0 Å². The normalized spacial score (nSPS) is 12.9. The van der Waals surface area contributed by atoms with Gasteiger partial charge in [-0.1, -0.05) is 12.1 Å². The summed E-state index contributed by atoms with van der Waals surface area (Å²) in [5, 5.41) is 12.3. The maximum atomic E-state index is 9.00. The first-order valence-corrected chi connectivity index (χ1v) is 5.46. The fourth-order valence-electron chi connectivity index (χ4n) is 1.94. The van der Waals surface area contributed by atoms with E-state index in [-0.39, 0.29) is 12.6 Å². The van der Waals surface area contributed by atoms with Gasteiger partial charge in [-0.25, -0.2) is 0 Å². The van der Waals surface area contributed by atoms with Crippen LogP contribution in [0.3, 0.4) is 0 Å². The fourth-order valence-corrected chi connectivity index (χ4v) is 1.94. The highest BCUT2D eigenvalue weighted by Gasteiger charge is 2.12. The Balaban J connectivity index is 3.07. The predicted octanol–water partition coefficient (Wildman–Crippen LogP) is 2.25. The van der Waals surface area contributed by atoms with Crippen LogP contribution in [-0.2, 0) is 0 Å². The zero-order valence-electron chi connectivity index (χ0n) is 10.1. The van der Waals surface area contributed by atoms with Crippen molar-refractivity contribution in [3.8, 4) is 0 Å². The van der Waals surface area contributed by atoms with E-state index in [9.17, 15) is 0 Å². The Morgan fingerprint density at radius 3 is 2.40 bits per heavy atom. The van der Waals surface area contributed by atoms with Crippen LogP contribution in [0.1, 0.15) is 34.7 Å². The molecule has 0 heterocycles. The van der Waals surface area contributed by atoms with Gasteiger partial charge in [0, 0.05) is 12.6 Å². The van der Waals surface area contributed by atoms with Crippen LogP contribution >= 0.6 is 0 Å². The van der Waals surface area contributed by atoms with Gasteiger partial charge in [0.15, 0.2) is 0 Å². The Labute approximate surface area is 92.3 Å². The second kappa shape index (κ2) is 5.29. The summed E-state index contributed by atoms with van der Waals surface area (Å²) in [5.74, 6) is 0. The number of aliphatic hydroxyl groups is 1. The van der Waals surface area contributed by atoms with Crippen molar-refractivity contribution in [1.29, 1.82) is 0 Å². The molecule has 1 unspecified atom stereocenters. The summed E-state index contributed by atoms with van der Waals surface area (Å²) in [6.45, 7) is 6.66. The minimum Gasteiger partial charge on any atom is -0.396 e. The Kier molecular flexibility index (Phi) is 4.30. The number of aryl methyl sites for hydroxylation is 1. The monoisotopic (exact) mass is 207 g/mol. The van der Waals surface area contributed by atoms with E-state index in [1.807, 2.05) is 7.05 Å². The van der Waals surface area contributed by atoms with Crippen LogP contribution in [0.5, 0.6) is 0 Å². The zero-order valence-corrected chi connectivity index (χ0v) is 10.1. The minimum atomic E-state index is 0.220. The lowest BCUT2D eigenvalue weighted by Crippen LogP contribution is -2.19. The molecule has 84 valence electrons. The Morgan fingerprint density at radius 2 is 1.87 bits per heavy atom. The van der Waals surface area contributed by atoms with Gasteiger partial charge in [0.05, 0.1) is 0 Å². The molecule has 2 heteroatoms. The summed E-state index contributed by atoms with van der Waals surface area (Å²) in [7, 11) is 1.94. The lowest BCUT2D eigenvalue weighted by atomic mass is 9.93. The molecule has 0 aromatic heterocycles. The number of hydrogen-bond acceptors (Lipinski definition) is 2. The molecule has 2 N–H and O–H groups in total. The third kappa shape index (κ3) is 2.58. The van der Waals surface area contributed by atoms with E-state index in [2.05, 4.69) is 38.2 Å². The molecular formula is C13H21NO. The van der Waals surface area contributed by atoms with Crippen LogP contribution in [0.25, 0.3) is 0 Å². The number of nitrogens with one attached hydrogen (secondary N) is 1. The summed E-state index contributed by atoms with van der Waals surface area (Å²) in [6, 6.07) is 4.57. The standard InChI is InChI=1S/C13H21NO/c1-9-5-6-12(11(3)10(9)2)13(14-4)7-8-15/h5-6,13-15H,7-8H2,1-4H3. The quantitative estimate of drug-likeness (QED) is 0.793. The van der Waals surface area contributed by atoms with Crippen LogP contribution in [0.15, 0.2) is 12.1 Å². The van der Waals surface area contributed by atoms with Gasteiger partial charge < -0.3 is 10.4 Å². The molecular weight excluding hydrogens is 186 g/mol. The van der Waals surface area contributed by atoms with Crippen LogP contribution in [0.4, 0.5) is 0 Å². The molecule has 1 atom stereocenters. The minimum absolute atomic E-state index is 0.220. The lowest BCUT2D eigenvalue weighted by Gasteiger charge is -2.20. The summed E-state index contributed by atoms with van der Waals surface area (Å²) in [6.07, 6.45) is 0.764. The van der Waals surface area contributed by atoms with Crippen molar-refractivity contribution in [3.63, 3.8) is 0 Å². The third-order valence-electron chi connectivity index (χ3n) is 3.24. The van der Waals surface area contributed by atoms with Gasteiger partial charge >= 0.3 is 0 Å². The summed E-state index contributed by atoms with van der Waals surface area (Å²) in [4.78, 5) is 0. The highest BCUT2D eigenvalue weighted by atomic mass is 16.3. The number of hydrogen-bond donors (Lipinski definition) is 2. The SMILES string of the molecule is CNC(CCO)c1ccc(C)c(C)c1C. The van der Waals surface area contributed by atoms with Crippen LogP contribution < -0.4 is 5.32 Å². The highest BCUT2D eigenvalue weighted by molar-refractivity contribution is 5.40.